The van der Waals surface area contributed by atoms with Crippen LogP contribution in [-0.2, 0) is 4.79 Å². The van der Waals surface area contributed by atoms with Crippen LogP contribution in [0.15, 0.2) is 36.7 Å². The first-order chi connectivity index (χ1) is 15.2. The Morgan fingerprint density at radius 1 is 1.19 bits per heavy atom. The van der Waals surface area contributed by atoms with E-state index in [1.54, 1.807) is 0 Å². The van der Waals surface area contributed by atoms with E-state index in [-0.39, 0.29) is 17.9 Å². The molecule has 7 heteroatoms. The molecule has 1 aliphatic carbocycles. The molecule has 0 unspecified atom stereocenters. The van der Waals surface area contributed by atoms with Gasteiger partial charge in [-0.1, -0.05) is 6.07 Å². The maximum atomic E-state index is 11.7. The fourth-order valence-corrected chi connectivity index (χ4v) is 4.60. The van der Waals surface area contributed by atoms with Gasteiger partial charge < -0.3 is 24.7 Å². The Morgan fingerprint density at radius 2 is 2.10 bits per heavy atom. The highest BCUT2D eigenvalue weighted by atomic mass is 16.5. The Kier molecular flexibility index (Phi) is 4.30. The van der Waals surface area contributed by atoms with Crippen molar-refractivity contribution >= 4 is 22.6 Å². The van der Waals surface area contributed by atoms with Crippen molar-refractivity contribution in [2.75, 3.05) is 25.0 Å². The standard InChI is InChI=1S/C24H26N4O3/c1-14(17-11-23(29)26-12-17)31-22-10-16(9-20-24(22)28(13-27-20)18-3-4-18)15-2-5-21-19(8-15)25-6-7-30-21/h2,5,8-10,13-14,17-18,25H,3-4,6-7,11-12H2,1H3,(H,26,29)/t14-,17-/m1/s1. The van der Waals surface area contributed by atoms with Crippen LogP contribution >= 0.6 is 0 Å². The number of fused-ring (bicyclic) bond motifs is 2. The van der Waals surface area contributed by atoms with Crippen molar-refractivity contribution in [3.8, 4) is 22.6 Å². The number of aromatic nitrogens is 2. The zero-order chi connectivity index (χ0) is 20.9. The Hall–Kier alpha value is -3.22. The molecule has 1 amide bonds. The zero-order valence-electron chi connectivity index (χ0n) is 17.6. The van der Waals surface area contributed by atoms with Crippen LogP contribution in [0.1, 0.15) is 32.2 Å². The Balaban J connectivity index is 1.41. The smallest absolute Gasteiger partial charge is 0.220 e. The molecule has 0 spiro atoms. The lowest BCUT2D eigenvalue weighted by molar-refractivity contribution is -0.119. The van der Waals surface area contributed by atoms with Gasteiger partial charge in [-0.15, -0.1) is 0 Å². The van der Waals surface area contributed by atoms with Gasteiger partial charge in [-0.3, -0.25) is 4.79 Å². The SMILES string of the molecule is C[C@@H](Oc1cc(-c2ccc3c(c2)NCCO3)cc2ncn(C3CC3)c12)[C@H]1CNC(=O)C1. The van der Waals surface area contributed by atoms with E-state index in [0.29, 0.717) is 25.6 Å². The number of imidazole rings is 1. The normalized spacial score (nSPS) is 21.2. The average molecular weight is 418 g/mol. The fourth-order valence-electron chi connectivity index (χ4n) is 4.60. The number of rotatable bonds is 5. The predicted molar refractivity (Wildman–Crippen MR) is 119 cm³/mol. The summed E-state index contributed by atoms with van der Waals surface area (Å²) in [6, 6.07) is 11.0. The van der Waals surface area contributed by atoms with Crippen LogP contribution in [0.25, 0.3) is 22.2 Å². The van der Waals surface area contributed by atoms with E-state index in [1.807, 2.05) is 12.4 Å². The largest absolute Gasteiger partial charge is 0.490 e. The van der Waals surface area contributed by atoms with Crippen molar-refractivity contribution in [2.45, 2.75) is 38.3 Å². The minimum Gasteiger partial charge on any atom is -0.490 e. The number of hydrogen-bond donors (Lipinski definition) is 2. The molecule has 0 radical (unpaired) electrons. The molecule has 3 heterocycles. The lowest BCUT2D eigenvalue weighted by Gasteiger charge is -2.22. The molecule has 2 fully saturated rings. The second kappa shape index (κ2) is 7.18. The van der Waals surface area contributed by atoms with Crippen molar-refractivity contribution in [2.24, 2.45) is 5.92 Å². The van der Waals surface area contributed by atoms with E-state index < -0.39 is 0 Å². The summed E-state index contributed by atoms with van der Waals surface area (Å²) in [5.74, 6) is 2.00. The lowest BCUT2D eigenvalue weighted by Crippen LogP contribution is -2.25. The molecule has 2 aromatic carbocycles. The number of carbonyl (C=O) groups excluding carboxylic acids is 1. The van der Waals surface area contributed by atoms with E-state index in [2.05, 4.69) is 46.4 Å². The molecule has 3 aliphatic rings. The molecule has 160 valence electrons. The van der Waals surface area contributed by atoms with Crippen molar-refractivity contribution in [1.29, 1.82) is 0 Å². The summed E-state index contributed by atoms with van der Waals surface area (Å²) in [5.41, 5.74) is 5.16. The van der Waals surface area contributed by atoms with Gasteiger partial charge >= 0.3 is 0 Å². The van der Waals surface area contributed by atoms with Gasteiger partial charge in [-0.05, 0) is 55.2 Å². The van der Waals surface area contributed by atoms with Crippen LogP contribution in [-0.4, -0.2) is 41.3 Å². The van der Waals surface area contributed by atoms with E-state index >= 15 is 0 Å². The van der Waals surface area contributed by atoms with Gasteiger partial charge in [0, 0.05) is 31.5 Å². The van der Waals surface area contributed by atoms with Gasteiger partial charge in [-0.25, -0.2) is 4.98 Å². The monoisotopic (exact) mass is 418 g/mol. The highest BCUT2D eigenvalue weighted by Crippen LogP contribution is 2.42. The molecule has 0 bridgehead atoms. The third kappa shape index (κ3) is 3.38. The highest BCUT2D eigenvalue weighted by Gasteiger charge is 2.30. The minimum absolute atomic E-state index is 0.0708. The van der Waals surface area contributed by atoms with Crippen LogP contribution in [0.5, 0.6) is 11.5 Å². The molecule has 1 saturated carbocycles. The third-order valence-electron chi connectivity index (χ3n) is 6.55. The number of anilines is 1. The molecular formula is C24H26N4O3. The van der Waals surface area contributed by atoms with Crippen LogP contribution in [0.2, 0.25) is 0 Å². The number of nitrogens with zero attached hydrogens (tertiary/aromatic N) is 2. The van der Waals surface area contributed by atoms with Gasteiger partial charge in [0.1, 0.15) is 29.7 Å². The maximum absolute atomic E-state index is 11.7. The van der Waals surface area contributed by atoms with Gasteiger partial charge in [0.15, 0.2) is 0 Å². The molecule has 1 saturated heterocycles. The van der Waals surface area contributed by atoms with Crippen molar-refractivity contribution in [3.05, 3.63) is 36.7 Å². The van der Waals surface area contributed by atoms with Gasteiger partial charge in [0.2, 0.25) is 5.91 Å². The summed E-state index contributed by atoms with van der Waals surface area (Å²) in [4.78, 5) is 16.4. The van der Waals surface area contributed by atoms with E-state index in [4.69, 9.17) is 14.5 Å². The number of benzene rings is 2. The van der Waals surface area contributed by atoms with E-state index in [0.717, 1.165) is 45.9 Å². The Morgan fingerprint density at radius 3 is 2.90 bits per heavy atom. The molecule has 2 atom stereocenters. The highest BCUT2D eigenvalue weighted by molar-refractivity contribution is 5.89. The minimum atomic E-state index is -0.0708. The molecule has 2 aliphatic heterocycles. The predicted octanol–water partition coefficient (Wildman–Crippen LogP) is 3.75. The molecule has 2 N–H and O–H groups in total. The third-order valence-corrected chi connectivity index (χ3v) is 6.55. The summed E-state index contributed by atoms with van der Waals surface area (Å²) in [6.07, 6.45) is 4.74. The number of hydrogen-bond acceptors (Lipinski definition) is 5. The van der Waals surface area contributed by atoms with Crippen molar-refractivity contribution in [1.82, 2.24) is 14.9 Å². The van der Waals surface area contributed by atoms with Crippen molar-refractivity contribution < 1.29 is 14.3 Å². The van der Waals surface area contributed by atoms with Crippen LogP contribution in [0.4, 0.5) is 5.69 Å². The first-order valence-corrected chi connectivity index (χ1v) is 11.1. The van der Waals surface area contributed by atoms with Gasteiger partial charge in [0.25, 0.3) is 0 Å². The molecule has 7 nitrogen and oxygen atoms in total. The van der Waals surface area contributed by atoms with E-state index in [1.165, 1.54) is 12.8 Å². The fraction of sp³-hybridized carbons (Fsp3) is 0.417. The maximum Gasteiger partial charge on any atom is 0.220 e. The quantitative estimate of drug-likeness (QED) is 0.660. The van der Waals surface area contributed by atoms with Crippen molar-refractivity contribution in [3.63, 3.8) is 0 Å². The molecule has 3 aromatic rings. The summed E-state index contributed by atoms with van der Waals surface area (Å²) in [6.45, 7) is 4.22. The summed E-state index contributed by atoms with van der Waals surface area (Å²) >= 11 is 0. The van der Waals surface area contributed by atoms with Crippen LogP contribution in [0.3, 0.4) is 0 Å². The first kappa shape index (κ1) is 18.5. The first-order valence-electron chi connectivity index (χ1n) is 11.1. The molecule has 31 heavy (non-hydrogen) atoms. The number of amides is 1. The molecule has 1 aromatic heterocycles. The van der Waals surface area contributed by atoms with E-state index in [9.17, 15) is 4.79 Å². The number of ether oxygens (including phenoxy) is 2. The van der Waals surface area contributed by atoms with Crippen LogP contribution in [0, 0.1) is 5.92 Å². The Bertz CT molecular complexity index is 1170. The number of carbonyl (C=O) groups is 1. The second-order valence-electron chi connectivity index (χ2n) is 8.80. The topological polar surface area (TPSA) is 77.4 Å². The van der Waals surface area contributed by atoms with Gasteiger partial charge in [0.05, 0.1) is 17.5 Å². The second-order valence-corrected chi connectivity index (χ2v) is 8.80. The molecule has 6 rings (SSSR count). The molecular weight excluding hydrogens is 392 g/mol. The summed E-state index contributed by atoms with van der Waals surface area (Å²) in [7, 11) is 0. The Labute approximate surface area is 180 Å². The van der Waals surface area contributed by atoms with Crippen LogP contribution < -0.4 is 20.1 Å². The summed E-state index contributed by atoms with van der Waals surface area (Å²) < 4.78 is 14.5. The zero-order valence-corrected chi connectivity index (χ0v) is 17.6. The van der Waals surface area contributed by atoms with Gasteiger partial charge in [-0.2, -0.15) is 0 Å². The summed E-state index contributed by atoms with van der Waals surface area (Å²) in [5, 5.41) is 6.33. The lowest BCUT2D eigenvalue weighted by atomic mass is 10.0. The average Bonchev–Trinajstić information content (AvgIpc) is 3.39. The number of nitrogens with one attached hydrogen (secondary N) is 2.